The summed E-state index contributed by atoms with van der Waals surface area (Å²) in [5.74, 6) is 1.83. The van der Waals surface area contributed by atoms with Gasteiger partial charge in [-0.1, -0.05) is 30.3 Å². The van der Waals surface area contributed by atoms with Crippen molar-refractivity contribution >= 4 is 32.8 Å². The van der Waals surface area contributed by atoms with Crippen LogP contribution in [0.1, 0.15) is 19.4 Å². The Morgan fingerprint density at radius 1 is 0.969 bits per heavy atom. The minimum atomic E-state index is -0.434. The van der Waals surface area contributed by atoms with Crippen LogP contribution in [0.5, 0.6) is 17.2 Å². The first-order chi connectivity index (χ1) is 15.5. The van der Waals surface area contributed by atoms with E-state index in [1.54, 1.807) is 13.2 Å². The number of rotatable bonds is 6. The summed E-state index contributed by atoms with van der Waals surface area (Å²) in [7, 11) is 1.59. The van der Waals surface area contributed by atoms with Crippen molar-refractivity contribution in [2.45, 2.75) is 26.6 Å². The average Bonchev–Trinajstić information content (AvgIpc) is 3.17. The lowest BCUT2D eigenvalue weighted by atomic mass is 10.1. The van der Waals surface area contributed by atoms with E-state index in [9.17, 15) is 4.79 Å². The molecule has 6 nitrogen and oxygen atoms in total. The highest BCUT2D eigenvalue weighted by atomic mass is 16.5. The molecule has 0 saturated heterocycles. The molecule has 1 N–H and O–H groups in total. The molecule has 0 spiro atoms. The van der Waals surface area contributed by atoms with E-state index in [4.69, 9.17) is 18.6 Å². The maximum absolute atomic E-state index is 12.7. The number of aromatic amines is 1. The Labute approximate surface area is 184 Å². The number of nitrogens with one attached hydrogen (secondary N) is 1. The van der Waals surface area contributed by atoms with Crippen LogP contribution in [-0.4, -0.2) is 18.2 Å². The van der Waals surface area contributed by atoms with E-state index in [1.165, 1.54) is 0 Å². The predicted molar refractivity (Wildman–Crippen MR) is 125 cm³/mol. The van der Waals surface area contributed by atoms with Crippen molar-refractivity contribution < 1.29 is 18.6 Å². The Morgan fingerprint density at radius 2 is 1.78 bits per heavy atom. The number of benzene rings is 3. The van der Waals surface area contributed by atoms with Crippen LogP contribution in [-0.2, 0) is 6.61 Å². The van der Waals surface area contributed by atoms with Gasteiger partial charge in [0.1, 0.15) is 23.5 Å². The topological polar surface area (TPSA) is 73.7 Å². The Kier molecular flexibility index (Phi) is 4.98. The molecule has 0 saturated carbocycles. The summed E-state index contributed by atoms with van der Waals surface area (Å²) in [4.78, 5) is 15.9. The highest BCUT2D eigenvalue weighted by Gasteiger charge is 2.18. The standard InChI is InChI=1S/C26H23NO5/c1-15(2)31-23-13-21-19(12-22(23)29-3)24-18-11-17(30-14-16-7-5-4-6-8-16)9-10-20(18)27-25(24)26(28)32-21/h4-13,15,27H,14H2,1-3H3. The monoisotopic (exact) mass is 429 g/mol. The fraction of sp³-hybridized carbons (Fsp3) is 0.192. The molecule has 0 radical (unpaired) electrons. The normalized spacial score (nSPS) is 11.5. The molecule has 5 aromatic rings. The van der Waals surface area contributed by atoms with Gasteiger partial charge in [-0.3, -0.25) is 0 Å². The molecule has 0 fully saturated rings. The smallest absolute Gasteiger partial charge is 0.360 e. The van der Waals surface area contributed by atoms with Crippen molar-refractivity contribution in [3.05, 3.63) is 76.6 Å². The van der Waals surface area contributed by atoms with Gasteiger partial charge in [-0.25, -0.2) is 4.79 Å². The van der Waals surface area contributed by atoms with Gasteiger partial charge in [0.15, 0.2) is 11.5 Å². The van der Waals surface area contributed by atoms with Gasteiger partial charge in [0.2, 0.25) is 0 Å². The van der Waals surface area contributed by atoms with E-state index >= 15 is 0 Å². The third-order valence-corrected chi connectivity index (χ3v) is 5.32. The molecule has 5 rings (SSSR count). The van der Waals surface area contributed by atoms with Gasteiger partial charge in [0.05, 0.1) is 13.2 Å². The Balaban J connectivity index is 1.67. The Morgan fingerprint density at radius 3 is 2.53 bits per heavy atom. The zero-order valence-electron chi connectivity index (χ0n) is 18.1. The van der Waals surface area contributed by atoms with Gasteiger partial charge in [-0.15, -0.1) is 0 Å². The SMILES string of the molecule is COc1cc2c(cc1OC(C)C)oc(=O)c1[nH]c3ccc(OCc4ccccc4)cc3c12. The lowest BCUT2D eigenvalue weighted by Crippen LogP contribution is -2.07. The summed E-state index contributed by atoms with van der Waals surface area (Å²) in [6.45, 7) is 4.32. The molecule has 32 heavy (non-hydrogen) atoms. The minimum Gasteiger partial charge on any atom is -0.493 e. The number of fused-ring (bicyclic) bond motifs is 5. The Bertz CT molecular complexity index is 1480. The van der Waals surface area contributed by atoms with Crippen LogP contribution in [0, 0.1) is 0 Å². The molecule has 3 aromatic carbocycles. The Hall–Kier alpha value is -3.93. The maximum Gasteiger partial charge on any atom is 0.360 e. The first-order valence-corrected chi connectivity index (χ1v) is 10.5. The van der Waals surface area contributed by atoms with Crippen molar-refractivity contribution in [2.75, 3.05) is 7.11 Å². The van der Waals surface area contributed by atoms with Crippen LogP contribution >= 0.6 is 0 Å². The number of H-pyrrole nitrogens is 1. The van der Waals surface area contributed by atoms with Crippen LogP contribution in [0.4, 0.5) is 0 Å². The van der Waals surface area contributed by atoms with Crippen molar-refractivity contribution in [1.82, 2.24) is 4.98 Å². The number of ether oxygens (including phenoxy) is 3. The number of aromatic nitrogens is 1. The van der Waals surface area contributed by atoms with Gasteiger partial charge in [-0.2, -0.15) is 0 Å². The van der Waals surface area contributed by atoms with Gasteiger partial charge in [0, 0.05) is 27.7 Å². The molecule has 0 bridgehead atoms. The van der Waals surface area contributed by atoms with Crippen LogP contribution in [0.15, 0.2) is 69.9 Å². The third-order valence-electron chi connectivity index (χ3n) is 5.32. The van der Waals surface area contributed by atoms with Crippen LogP contribution in [0.2, 0.25) is 0 Å². The second kappa shape index (κ2) is 7.96. The van der Waals surface area contributed by atoms with E-state index in [2.05, 4.69) is 4.98 Å². The molecule has 0 aliphatic heterocycles. The third kappa shape index (κ3) is 3.54. The number of methoxy groups -OCH3 is 1. The van der Waals surface area contributed by atoms with Crippen molar-refractivity contribution in [3.63, 3.8) is 0 Å². The van der Waals surface area contributed by atoms with Crippen molar-refractivity contribution in [3.8, 4) is 17.2 Å². The molecule has 0 aliphatic rings. The fourth-order valence-electron chi connectivity index (χ4n) is 3.91. The van der Waals surface area contributed by atoms with Crippen LogP contribution in [0.25, 0.3) is 32.8 Å². The van der Waals surface area contributed by atoms with Crippen LogP contribution < -0.4 is 19.8 Å². The fourth-order valence-corrected chi connectivity index (χ4v) is 3.91. The second-order valence-corrected chi connectivity index (χ2v) is 7.91. The van der Waals surface area contributed by atoms with Gasteiger partial charge in [0.25, 0.3) is 0 Å². The molecule has 0 amide bonds. The lowest BCUT2D eigenvalue weighted by molar-refractivity contribution is 0.230. The molecular weight excluding hydrogens is 406 g/mol. The van der Waals surface area contributed by atoms with Crippen molar-refractivity contribution in [2.24, 2.45) is 0 Å². The molecule has 2 heterocycles. The molecule has 0 atom stereocenters. The summed E-state index contributed by atoms with van der Waals surface area (Å²) in [6, 6.07) is 19.3. The van der Waals surface area contributed by atoms with Gasteiger partial charge < -0.3 is 23.6 Å². The minimum absolute atomic E-state index is 0.0470. The quantitative estimate of drug-likeness (QED) is 0.345. The zero-order chi connectivity index (χ0) is 22.2. The van der Waals surface area contributed by atoms with Crippen LogP contribution in [0.3, 0.4) is 0 Å². The summed E-state index contributed by atoms with van der Waals surface area (Å²) >= 11 is 0. The summed E-state index contributed by atoms with van der Waals surface area (Å²) in [5, 5.41) is 2.41. The number of hydrogen-bond acceptors (Lipinski definition) is 5. The molecule has 0 unspecified atom stereocenters. The second-order valence-electron chi connectivity index (χ2n) is 7.91. The molecular formula is C26H23NO5. The first-order valence-electron chi connectivity index (χ1n) is 10.5. The summed E-state index contributed by atoms with van der Waals surface area (Å²) < 4.78 is 23.0. The molecule has 6 heteroatoms. The van der Waals surface area contributed by atoms with E-state index in [-0.39, 0.29) is 6.10 Å². The van der Waals surface area contributed by atoms with E-state index in [1.807, 2.05) is 68.4 Å². The zero-order valence-corrected chi connectivity index (χ0v) is 18.1. The maximum atomic E-state index is 12.7. The summed E-state index contributed by atoms with van der Waals surface area (Å²) in [5.41, 5.74) is 2.33. The summed E-state index contributed by atoms with van der Waals surface area (Å²) in [6.07, 6.45) is -0.0470. The van der Waals surface area contributed by atoms with E-state index in [0.717, 1.165) is 33.0 Å². The van der Waals surface area contributed by atoms with Crippen molar-refractivity contribution in [1.29, 1.82) is 0 Å². The number of hydrogen-bond donors (Lipinski definition) is 1. The molecule has 2 aromatic heterocycles. The largest absolute Gasteiger partial charge is 0.493 e. The van der Waals surface area contributed by atoms with E-state index < -0.39 is 5.63 Å². The average molecular weight is 429 g/mol. The first kappa shape index (κ1) is 20.0. The van der Waals surface area contributed by atoms with Gasteiger partial charge >= 0.3 is 5.63 Å². The molecule has 0 aliphatic carbocycles. The van der Waals surface area contributed by atoms with E-state index in [0.29, 0.717) is 29.2 Å². The highest BCUT2D eigenvalue weighted by Crippen LogP contribution is 2.38. The highest BCUT2D eigenvalue weighted by molar-refractivity contribution is 6.19. The predicted octanol–water partition coefficient (Wildman–Crippen LogP) is 5.80. The van der Waals surface area contributed by atoms with Gasteiger partial charge in [-0.05, 0) is 43.7 Å². The molecule has 162 valence electrons. The lowest BCUT2D eigenvalue weighted by Gasteiger charge is -2.14.